The highest BCUT2D eigenvalue weighted by molar-refractivity contribution is 5.07. The van der Waals surface area contributed by atoms with Crippen molar-refractivity contribution in [2.45, 2.75) is 37.1 Å². The SMILES string of the molecule is CN1C2CCC3(CC21)OCCO3. The zero-order valence-electron chi connectivity index (χ0n) is 7.45. The van der Waals surface area contributed by atoms with Gasteiger partial charge < -0.3 is 9.47 Å². The molecule has 3 fully saturated rings. The summed E-state index contributed by atoms with van der Waals surface area (Å²) in [5.74, 6) is -0.175. The first kappa shape index (κ1) is 7.30. The minimum Gasteiger partial charge on any atom is -0.347 e. The largest absolute Gasteiger partial charge is 0.347 e. The molecular weight excluding hydrogens is 154 g/mol. The van der Waals surface area contributed by atoms with Gasteiger partial charge in [0.05, 0.1) is 13.2 Å². The van der Waals surface area contributed by atoms with Crippen molar-refractivity contribution in [3.63, 3.8) is 0 Å². The third kappa shape index (κ3) is 0.873. The van der Waals surface area contributed by atoms with Gasteiger partial charge >= 0.3 is 0 Å². The van der Waals surface area contributed by atoms with Gasteiger partial charge in [-0.2, -0.15) is 0 Å². The Morgan fingerprint density at radius 3 is 2.67 bits per heavy atom. The lowest BCUT2D eigenvalue weighted by Crippen LogP contribution is -2.35. The first-order valence-corrected chi connectivity index (χ1v) is 4.81. The predicted molar refractivity (Wildman–Crippen MR) is 43.8 cm³/mol. The molecule has 12 heavy (non-hydrogen) atoms. The molecule has 0 radical (unpaired) electrons. The highest BCUT2D eigenvalue weighted by Crippen LogP contribution is 2.46. The van der Waals surface area contributed by atoms with E-state index in [1.165, 1.54) is 6.42 Å². The summed E-state index contributed by atoms with van der Waals surface area (Å²) in [6.45, 7) is 1.59. The molecule has 2 saturated heterocycles. The molecule has 2 heterocycles. The van der Waals surface area contributed by atoms with Gasteiger partial charge in [-0.3, -0.25) is 4.90 Å². The fourth-order valence-corrected chi connectivity index (χ4v) is 2.70. The van der Waals surface area contributed by atoms with Crippen LogP contribution in [0.2, 0.25) is 0 Å². The quantitative estimate of drug-likeness (QED) is 0.495. The molecule has 0 bridgehead atoms. The van der Waals surface area contributed by atoms with Crippen molar-refractivity contribution in [2.24, 2.45) is 0 Å². The second-order valence-corrected chi connectivity index (χ2v) is 4.15. The smallest absolute Gasteiger partial charge is 0.170 e. The number of hydrogen-bond acceptors (Lipinski definition) is 3. The Morgan fingerprint density at radius 1 is 1.25 bits per heavy atom. The number of hydrogen-bond donors (Lipinski definition) is 0. The molecule has 3 atom stereocenters. The molecule has 1 aliphatic carbocycles. The first-order chi connectivity index (χ1) is 5.81. The Bertz CT molecular complexity index is 201. The second-order valence-electron chi connectivity index (χ2n) is 4.15. The van der Waals surface area contributed by atoms with Crippen molar-refractivity contribution in [3.8, 4) is 0 Å². The average Bonchev–Trinajstić information content (AvgIpc) is 2.53. The zero-order chi connectivity index (χ0) is 8.18. The van der Waals surface area contributed by atoms with Crippen molar-refractivity contribution in [1.29, 1.82) is 0 Å². The van der Waals surface area contributed by atoms with E-state index in [0.717, 1.165) is 38.1 Å². The fourth-order valence-electron chi connectivity index (χ4n) is 2.70. The molecule has 0 aromatic heterocycles. The van der Waals surface area contributed by atoms with E-state index in [9.17, 15) is 0 Å². The van der Waals surface area contributed by atoms with Crippen LogP contribution in [0.5, 0.6) is 0 Å². The molecule has 3 rings (SSSR count). The Labute approximate surface area is 72.6 Å². The van der Waals surface area contributed by atoms with E-state index in [-0.39, 0.29) is 5.79 Å². The maximum Gasteiger partial charge on any atom is 0.170 e. The minimum atomic E-state index is -0.175. The topological polar surface area (TPSA) is 21.5 Å². The zero-order valence-corrected chi connectivity index (χ0v) is 7.45. The number of likely N-dealkylation sites (tertiary alicyclic amines) is 1. The van der Waals surface area contributed by atoms with Gasteiger partial charge in [-0.25, -0.2) is 0 Å². The van der Waals surface area contributed by atoms with Crippen molar-refractivity contribution in [3.05, 3.63) is 0 Å². The molecule has 1 spiro atoms. The monoisotopic (exact) mass is 169 g/mol. The molecule has 3 unspecified atom stereocenters. The van der Waals surface area contributed by atoms with E-state index < -0.39 is 0 Å². The van der Waals surface area contributed by atoms with E-state index in [1.54, 1.807) is 0 Å². The van der Waals surface area contributed by atoms with Gasteiger partial charge in [-0.1, -0.05) is 0 Å². The summed E-state index contributed by atoms with van der Waals surface area (Å²) in [7, 11) is 2.20. The third-order valence-electron chi connectivity index (χ3n) is 3.56. The fraction of sp³-hybridized carbons (Fsp3) is 1.00. The van der Waals surface area contributed by atoms with Gasteiger partial charge in [0.15, 0.2) is 5.79 Å². The molecule has 0 amide bonds. The lowest BCUT2D eigenvalue weighted by atomic mass is 9.94. The molecule has 0 aromatic carbocycles. The Kier molecular flexibility index (Phi) is 1.35. The van der Waals surface area contributed by atoms with Crippen LogP contribution in [-0.2, 0) is 9.47 Å². The van der Waals surface area contributed by atoms with E-state index >= 15 is 0 Å². The average molecular weight is 169 g/mol. The highest BCUT2D eigenvalue weighted by atomic mass is 16.7. The van der Waals surface area contributed by atoms with E-state index in [4.69, 9.17) is 9.47 Å². The standard InChI is InChI=1S/C9H15NO2/c1-10-7-2-3-9(6-8(7)10)11-4-5-12-9/h7-8H,2-6H2,1H3. The van der Waals surface area contributed by atoms with E-state index in [1.807, 2.05) is 0 Å². The number of nitrogens with zero attached hydrogens (tertiary/aromatic N) is 1. The first-order valence-electron chi connectivity index (χ1n) is 4.81. The van der Waals surface area contributed by atoms with Gasteiger partial charge in [0.25, 0.3) is 0 Å². The van der Waals surface area contributed by atoms with Crippen LogP contribution in [0.15, 0.2) is 0 Å². The van der Waals surface area contributed by atoms with Crippen LogP contribution >= 0.6 is 0 Å². The van der Waals surface area contributed by atoms with Crippen LogP contribution in [-0.4, -0.2) is 43.0 Å². The maximum absolute atomic E-state index is 5.68. The summed E-state index contributed by atoms with van der Waals surface area (Å²) in [4.78, 5) is 2.43. The highest BCUT2D eigenvalue weighted by Gasteiger charge is 2.55. The van der Waals surface area contributed by atoms with E-state index in [0.29, 0.717) is 0 Å². The molecule has 0 aromatic rings. The third-order valence-corrected chi connectivity index (χ3v) is 3.56. The summed E-state index contributed by atoms with van der Waals surface area (Å²) < 4.78 is 11.4. The van der Waals surface area contributed by atoms with Gasteiger partial charge in [0.1, 0.15) is 0 Å². The van der Waals surface area contributed by atoms with Gasteiger partial charge in [-0.05, 0) is 13.5 Å². The van der Waals surface area contributed by atoms with Gasteiger partial charge in [0, 0.05) is 24.9 Å². The minimum absolute atomic E-state index is 0.175. The van der Waals surface area contributed by atoms with Crippen LogP contribution in [0.3, 0.4) is 0 Å². The van der Waals surface area contributed by atoms with Gasteiger partial charge in [-0.15, -0.1) is 0 Å². The van der Waals surface area contributed by atoms with Gasteiger partial charge in [0.2, 0.25) is 0 Å². The summed E-state index contributed by atoms with van der Waals surface area (Å²) in [6.07, 6.45) is 3.44. The molecule has 3 nitrogen and oxygen atoms in total. The summed E-state index contributed by atoms with van der Waals surface area (Å²) in [5, 5.41) is 0. The van der Waals surface area contributed by atoms with Crippen molar-refractivity contribution in [1.82, 2.24) is 4.90 Å². The Balaban J connectivity index is 1.74. The molecule has 3 heteroatoms. The maximum atomic E-state index is 5.68. The number of fused-ring (bicyclic) bond motifs is 1. The Morgan fingerprint density at radius 2 is 2.00 bits per heavy atom. The second kappa shape index (κ2) is 2.22. The number of rotatable bonds is 0. The van der Waals surface area contributed by atoms with Crippen molar-refractivity contribution in [2.75, 3.05) is 20.3 Å². The van der Waals surface area contributed by atoms with E-state index in [2.05, 4.69) is 11.9 Å². The van der Waals surface area contributed by atoms with Crippen molar-refractivity contribution < 1.29 is 9.47 Å². The summed E-state index contributed by atoms with van der Waals surface area (Å²) in [6, 6.07) is 1.58. The van der Waals surface area contributed by atoms with Crippen LogP contribution < -0.4 is 0 Å². The molecule has 3 aliphatic rings. The van der Waals surface area contributed by atoms with Crippen molar-refractivity contribution >= 4 is 0 Å². The normalized spacial score (nSPS) is 49.2. The molecular formula is C9H15NO2. The van der Waals surface area contributed by atoms with Crippen LogP contribution in [0.25, 0.3) is 0 Å². The lowest BCUT2D eigenvalue weighted by molar-refractivity contribution is -0.172. The summed E-state index contributed by atoms with van der Waals surface area (Å²) >= 11 is 0. The predicted octanol–water partition coefficient (Wildman–Crippen LogP) is 0.596. The van der Waals surface area contributed by atoms with Crippen LogP contribution in [0, 0.1) is 0 Å². The molecule has 0 N–H and O–H groups in total. The summed E-state index contributed by atoms with van der Waals surface area (Å²) in [5.41, 5.74) is 0. The molecule has 68 valence electrons. The number of ether oxygens (including phenoxy) is 2. The number of likely N-dealkylation sites (N-methyl/N-ethyl adjacent to an activating group) is 1. The van der Waals surface area contributed by atoms with Crippen LogP contribution in [0.1, 0.15) is 19.3 Å². The molecule has 2 aliphatic heterocycles. The Hall–Kier alpha value is -0.120. The molecule has 1 saturated carbocycles. The lowest BCUT2D eigenvalue weighted by Gasteiger charge is -2.29. The van der Waals surface area contributed by atoms with Crippen LogP contribution in [0.4, 0.5) is 0 Å².